The molecule has 0 aromatic heterocycles. The van der Waals surface area contributed by atoms with E-state index in [-0.39, 0.29) is 11.5 Å². The molecule has 0 saturated carbocycles. The standard InChI is InChI=1S/C8H17NO2/c1-4-11-8(2,3)6-5-7(9)10/h4-6H2,1-3H3,(H2,9,10). The molecule has 0 aromatic carbocycles. The van der Waals surface area contributed by atoms with Crippen LogP contribution in [0.2, 0.25) is 0 Å². The predicted octanol–water partition coefficient (Wildman–Crippen LogP) is 1.07. The highest BCUT2D eigenvalue weighted by Crippen LogP contribution is 2.15. The highest BCUT2D eigenvalue weighted by Gasteiger charge is 2.17. The van der Waals surface area contributed by atoms with Crippen molar-refractivity contribution in [3.8, 4) is 0 Å². The van der Waals surface area contributed by atoms with E-state index in [1.807, 2.05) is 20.8 Å². The minimum absolute atomic E-state index is 0.218. The van der Waals surface area contributed by atoms with Crippen molar-refractivity contribution in [3.63, 3.8) is 0 Å². The number of ether oxygens (including phenoxy) is 1. The molecular formula is C8H17NO2. The molecule has 0 unspecified atom stereocenters. The summed E-state index contributed by atoms with van der Waals surface area (Å²) < 4.78 is 5.37. The Bertz CT molecular complexity index is 132. The van der Waals surface area contributed by atoms with Crippen LogP contribution >= 0.6 is 0 Å². The van der Waals surface area contributed by atoms with Crippen LogP contribution in [0.15, 0.2) is 0 Å². The topological polar surface area (TPSA) is 52.3 Å². The monoisotopic (exact) mass is 159 g/mol. The van der Waals surface area contributed by atoms with Crippen LogP contribution in [-0.4, -0.2) is 18.1 Å². The Morgan fingerprint density at radius 1 is 1.55 bits per heavy atom. The normalized spacial score (nSPS) is 11.5. The van der Waals surface area contributed by atoms with E-state index >= 15 is 0 Å². The quantitative estimate of drug-likeness (QED) is 0.652. The van der Waals surface area contributed by atoms with Crippen molar-refractivity contribution in [2.24, 2.45) is 5.73 Å². The minimum Gasteiger partial charge on any atom is -0.376 e. The van der Waals surface area contributed by atoms with Gasteiger partial charge in [-0.3, -0.25) is 4.79 Å². The zero-order valence-electron chi connectivity index (χ0n) is 7.52. The smallest absolute Gasteiger partial charge is 0.217 e. The van der Waals surface area contributed by atoms with Gasteiger partial charge in [-0.2, -0.15) is 0 Å². The Morgan fingerprint density at radius 2 is 2.09 bits per heavy atom. The van der Waals surface area contributed by atoms with Gasteiger partial charge in [-0.25, -0.2) is 0 Å². The molecule has 0 rings (SSSR count). The van der Waals surface area contributed by atoms with E-state index < -0.39 is 0 Å². The summed E-state index contributed by atoms with van der Waals surface area (Å²) in [5, 5.41) is 0. The molecule has 0 bridgehead atoms. The number of rotatable bonds is 5. The number of amides is 1. The molecule has 0 aliphatic rings. The first-order chi connectivity index (χ1) is 4.98. The maximum Gasteiger partial charge on any atom is 0.217 e. The van der Waals surface area contributed by atoms with Gasteiger partial charge in [0, 0.05) is 13.0 Å². The second kappa shape index (κ2) is 4.34. The summed E-state index contributed by atoms with van der Waals surface area (Å²) in [4.78, 5) is 10.4. The summed E-state index contributed by atoms with van der Waals surface area (Å²) in [6.07, 6.45) is 1.09. The van der Waals surface area contributed by atoms with Crippen molar-refractivity contribution < 1.29 is 9.53 Å². The zero-order chi connectivity index (χ0) is 8.91. The summed E-state index contributed by atoms with van der Waals surface area (Å²) in [6.45, 7) is 6.52. The van der Waals surface area contributed by atoms with E-state index in [1.54, 1.807) is 0 Å². The van der Waals surface area contributed by atoms with Crippen molar-refractivity contribution in [3.05, 3.63) is 0 Å². The molecule has 0 aliphatic heterocycles. The van der Waals surface area contributed by atoms with Crippen LogP contribution in [0.4, 0.5) is 0 Å². The molecule has 0 atom stereocenters. The first-order valence-electron chi connectivity index (χ1n) is 3.90. The van der Waals surface area contributed by atoms with Crippen LogP contribution in [0.3, 0.4) is 0 Å². The van der Waals surface area contributed by atoms with Crippen LogP contribution < -0.4 is 5.73 Å². The average Bonchev–Trinajstić information content (AvgIpc) is 1.84. The number of hydrogen-bond acceptors (Lipinski definition) is 2. The van der Waals surface area contributed by atoms with Crippen LogP contribution in [0.5, 0.6) is 0 Å². The summed E-state index contributed by atoms with van der Waals surface area (Å²) in [7, 11) is 0. The summed E-state index contributed by atoms with van der Waals surface area (Å²) >= 11 is 0. The van der Waals surface area contributed by atoms with Gasteiger partial charge in [0.1, 0.15) is 0 Å². The lowest BCUT2D eigenvalue weighted by molar-refractivity contribution is -0.119. The highest BCUT2D eigenvalue weighted by molar-refractivity contribution is 5.73. The minimum atomic E-state index is -0.266. The summed E-state index contributed by atoms with van der Waals surface area (Å²) in [5.41, 5.74) is 4.78. The first kappa shape index (κ1) is 10.4. The molecular weight excluding hydrogens is 142 g/mol. The third kappa shape index (κ3) is 5.85. The fourth-order valence-electron chi connectivity index (χ4n) is 0.887. The molecule has 0 radical (unpaired) electrons. The van der Waals surface area contributed by atoms with E-state index in [0.717, 1.165) is 0 Å². The van der Waals surface area contributed by atoms with Crippen molar-refractivity contribution in [1.82, 2.24) is 0 Å². The van der Waals surface area contributed by atoms with E-state index in [0.29, 0.717) is 19.4 Å². The van der Waals surface area contributed by atoms with E-state index in [1.165, 1.54) is 0 Å². The molecule has 3 nitrogen and oxygen atoms in total. The SMILES string of the molecule is CCOC(C)(C)CCC(N)=O. The fourth-order valence-corrected chi connectivity index (χ4v) is 0.887. The van der Waals surface area contributed by atoms with Crippen LogP contribution in [-0.2, 0) is 9.53 Å². The fraction of sp³-hybridized carbons (Fsp3) is 0.875. The number of carbonyl (C=O) groups is 1. The summed E-state index contributed by atoms with van der Waals surface area (Å²) in [6, 6.07) is 0. The van der Waals surface area contributed by atoms with Gasteiger partial charge in [0.05, 0.1) is 5.60 Å². The van der Waals surface area contributed by atoms with E-state index in [2.05, 4.69) is 0 Å². The number of hydrogen-bond donors (Lipinski definition) is 1. The molecule has 66 valence electrons. The van der Waals surface area contributed by atoms with Gasteiger partial charge < -0.3 is 10.5 Å². The zero-order valence-corrected chi connectivity index (χ0v) is 7.52. The van der Waals surface area contributed by atoms with Crippen LogP contribution in [0.25, 0.3) is 0 Å². The number of primary amides is 1. The van der Waals surface area contributed by atoms with Gasteiger partial charge in [0.2, 0.25) is 5.91 Å². The molecule has 0 saturated heterocycles. The second-order valence-electron chi connectivity index (χ2n) is 3.16. The summed E-state index contributed by atoms with van der Waals surface area (Å²) in [5.74, 6) is -0.266. The van der Waals surface area contributed by atoms with Crippen molar-refractivity contribution in [2.45, 2.75) is 39.2 Å². The molecule has 3 heteroatoms. The Morgan fingerprint density at radius 3 is 2.45 bits per heavy atom. The number of nitrogens with two attached hydrogens (primary N) is 1. The lowest BCUT2D eigenvalue weighted by Gasteiger charge is -2.23. The first-order valence-corrected chi connectivity index (χ1v) is 3.90. The third-order valence-corrected chi connectivity index (χ3v) is 1.51. The maximum absolute atomic E-state index is 10.4. The lowest BCUT2D eigenvalue weighted by atomic mass is 10.0. The molecule has 2 N–H and O–H groups in total. The van der Waals surface area contributed by atoms with Crippen molar-refractivity contribution in [2.75, 3.05) is 6.61 Å². The molecule has 11 heavy (non-hydrogen) atoms. The van der Waals surface area contributed by atoms with Gasteiger partial charge in [-0.15, -0.1) is 0 Å². The third-order valence-electron chi connectivity index (χ3n) is 1.51. The van der Waals surface area contributed by atoms with Crippen LogP contribution in [0.1, 0.15) is 33.6 Å². The average molecular weight is 159 g/mol. The van der Waals surface area contributed by atoms with Gasteiger partial charge in [0.25, 0.3) is 0 Å². The molecule has 0 fully saturated rings. The van der Waals surface area contributed by atoms with Gasteiger partial charge >= 0.3 is 0 Å². The van der Waals surface area contributed by atoms with E-state index in [9.17, 15) is 4.79 Å². The Kier molecular flexibility index (Phi) is 4.11. The molecule has 0 aliphatic carbocycles. The Balaban J connectivity index is 3.63. The molecule has 0 spiro atoms. The van der Waals surface area contributed by atoms with Gasteiger partial charge in [0.15, 0.2) is 0 Å². The van der Waals surface area contributed by atoms with E-state index in [4.69, 9.17) is 10.5 Å². The predicted molar refractivity (Wildman–Crippen MR) is 44.1 cm³/mol. The van der Waals surface area contributed by atoms with Crippen molar-refractivity contribution >= 4 is 5.91 Å². The van der Waals surface area contributed by atoms with Gasteiger partial charge in [-0.05, 0) is 27.2 Å². The number of carbonyl (C=O) groups excluding carboxylic acids is 1. The van der Waals surface area contributed by atoms with Crippen molar-refractivity contribution in [1.29, 1.82) is 0 Å². The maximum atomic E-state index is 10.4. The second-order valence-corrected chi connectivity index (χ2v) is 3.16. The molecule has 1 amide bonds. The lowest BCUT2D eigenvalue weighted by Crippen LogP contribution is -2.26. The Labute approximate surface area is 67.9 Å². The highest BCUT2D eigenvalue weighted by atomic mass is 16.5. The Hall–Kier alpha value is -0.570. The largest absolute Gasteiger partial charge is 0.376 e. The molecule has 0 heterocycles. The molecule has 0 aromatic rings. The van der Waals surface area contributed by atoms with Crippen LogP contribution in [0, 0.1) is 0 Å². The van der Waals surface area contributed by atoms with Gasteiger partial charge in [-0.1, -0.05) is 0 Å².